The Morgan fingerprint density at radius 1 is 1.04 bits per heavy atom. The third-order valence-corrected chi connectivity index (χ3v) is 7.26. The molecule has 1 fully saturated rings. The maximum absolute atomic E-state index is 12.3. The second-order valence-electron chi connectivity index (χ2n) is 6.69. The molecule has 144 valence electrons. The number of hydrogen-bond donors (Lipinski definition) is 1. The third-order valence-electron chi connectivity index (χ3n) is 4.52. The van der Waals surface area contributed by atoms with Gasteiger partial charge in [-0.05, 0) is 18.6 Å². The van der Waals surface area contributed by atoms with E-state index in [1.165, 1.54) is 11.8 Å². The van der Waals surface area contributed by atoms with Crippen molar-refractivity contribution in [3.8, 4) is 11.3 Å². The summed E-state index contributed by atoms with van der Waals surface area (Å²) in [6.07, 6.45) is 0.476. The molecule has 6 nitrogen and oxygen atoms in total. The minimum absolute atomic E-state index is 0.0223. The van der Waals surface area contributed by atoms with Gasteiger partial charge in [-0.15, -0.1) is 0 Å². The molecule has 1 aromatic heterocycles. The maximum atomic E-state index is 12.3. The van der Waals surface area contributed by atoms with Gasteiger partial charge in [-0.2, -0.15) is 0 Å². The van der Waals surface area contributed by atoms with Crippen molar-refractivity contribution in [2.75, 3.05) is 17.3 Å². The molecule has 0 spiro atoms. The van der Waals surface area contributed by atoms with Crippen LogP contribution in [0.4, 0.5) is 0 Å². The quantitative estimate of drug-likeness (QED) is 0.647. The Bertz CT molecular complexity index is 1120. The zero-order valence-electron chi connectivity index (χ0n) is 15.0. The molecule has 1 amide bonds. The molecule has 4 rings (SSSR count). The van der Waals surface area contributed by atoms with Crippen LogP contribution in [0, 0.1) is 0 Å². The highest BCUT2D eigenvalue weighted by molar-refractivity contribution is 8.00. The molecular formula is C20H19N3O3S2. The van der Waals surface area contributed by atoms with Crippen molar-refractivity contribution >= 4 is 38.5 Å². The number of thioether (sulfide) groups is 1. The Labute approximate surface area is 167 Å². The zero-order valence-corrected chi connectivity index (χ0v) is 16.7. The fourth-order valence-corrected chi connectivity index (χ4v) is 5.67. The average molecular weight is 414 g/mol. The van der Waals surface area contributed by atoms with E-state index < -0.39 is 9.84 Å². The topological polar surface area (TPSA) is 89.0 Å². The van der Waals surface area contributed by atoms with Crippen LogP contribution in [0.1, 0.15) is 6.42 Å². The van der Waals surface area contributed by atoms with Gasteiger partial charge in [0.25, 0.3) is 0 Å². The average Bonchev–Trinajstić information content (AvgIpc) is 3.04. The Morgan fingerprint density at radius 3 is 2.39 bits per heavy atom. The fourth-order valence-electron chi connectivity index (χ4n) is 3.18. The van der Waals surface area contributed by atoms with E-state index in [9.17, 15) is 13.2 Å². The van der Waals surface area contributed by atoms with Gasteiger partial charge >= 0.3 is 0 Å². The molecule has 0 radical (unpaired) electrons. The summed E-state index contributed by atoms with van der Waals surface area (Å²) in [5.74, 6) is 0.123. The maximum Gasteiger partial charge on any atom is 0.230 e. The van der Waals surface area contributed by atoms with Crippen LogP contribution in [-0.4, -0.2) is 47.6 Å². The lowest BCUT2D eigenvalue weighted by Crippen LogP contribution is -2.36. The third kappa shape index (κ3) is 4.34. The molecule has 1 saturated heterocycles. The Balaban J connectivity index is 1.55. The highest BCUT2D eigenvalue weighted by atomic mass is 32.2. The minimum Gasteiger partial charge on any atom is -0.352 e. The predicted octanol–water partition coefficient (Wildman–Crippen LogP) is 2.69. The molecule has 1 unspecified atom stereocenters. The molecule has 1 aliphatic rings. The molecule has 1 aliphatic heterocycles. The van der Waals surface area contributed by atoms with Crippen LogP contribution in [-0.2, 0) is 14.6 Å². The smallest absolute Gasteiger partial charge is 0.230 e. The van der Waals surface area contributed by atoms with Crippen molar-refractivity contribution in [1.82, 2.24) is 15.3 Å². The molecule has 0 aliphatic carbocycles. The number of carbonyl (C=O) groups excluding carboxylic acids is 1. The number of carbonyl (C=O) groups is 1. The van der Waals surface area contributed by atoms with Gasteiger partial charge < -0.3 is 5.32 Å². The summed E-state index contributed by atoms with van der Waals surface area (Å²) in [7, 11) is -3.02. The minimum atomic E-state index is -3.02. The molecule has 28 heavy (non-hydrogen) atoms. The summed E-state index contributed by atoms with van der Waals surface area (Å²) in [5.41, 5.74) is 3.24. The van der Waals surface area contributed by atoms with E-state index in [2.05, 4.69) is 5.32 Å². The number of benzene rings is 2. The van der Waals surface area contributed by atoms with Gasteiger partial charge in [0, 0.05) is 11.6 Å². The first-order chi connectivity index (χ1) is 13.5. The Kier molecular flexibility index (Phi) is 5.32. The van der Waals surface area contributed by atoms with E-state index in [0.29, 0.717) is 11.4 Å². The van der Waals surface area contributed by atoms with Gasteiger partial charge in [-0.3, -0.25) is 4.79 Å². The summed E-state index contributed by atoms with van der Waals surface area (Å²) in [5, 5.41) is 3.49. The number of rotatable bonds is 5. The SMILES string of the molecule is O=C(CSc1nc2ccccc2nc1-c1ccccc1)NC1CCS(=O)(=O)C1. The van der Waals surface area contributed by atoms with Crippen LogP contribution in [0.25, 0.3) is 22.3 Å². The number of hydrogen-bond acceptors (Lipinski definition) is 6. The van der Waals surface area contributed by atoms with Gasteiger partial charge in [-0.1, -0.05) is 54.2 Å². The first kappa shape index (κ1) is 18.9. The number of amides is 1. The molecule has 2 heterocycles. The summed E-state index contributed by atoms with van der Waals surface area (Å²) in [6, 6.07) is 17.1. The molecule has 1 atom stereocenters. The van der Waals surface area contributed by atoms with Crippen molar-refractivity contribution in [3.05, 3.63) is 54.6 Å². The standard InChI is InChI=1S/C20H19N3O3S2/c24-18(21-15-10-11-28(25,26)13-15)12-27-20-19(14-6-2-1-3-7-14)22-16-8-4-5-9-17(16)23-20/h1-9,15H,10-13H2,(H,21,24). The van der Waals surface area contributed by atoms with Crippen molar-refractivity contribution in [2.45, 2.75) is 17.5 Å². The second kappa shape index (κ2) is 7.89. The van der Waals surface area contributed by atoms with E-state index in [4.69, 9.17) is 9.97 Å². The molecule has 2 aromatic carbocycles. The summed E-state index contributed by atoms with van der Waals surface area (Å²) in [4.78, 5) is 21.8. The summed E-state index contributed by atoms with van der Waals surface area (Å²) in [6.45, 7) is 0. The lowest BCUT2D eigenvalue weighted by Gasteiger charge is -2.12. The first-order valence-corrected chi connectivity index (χ1v) is 11.8. The van der Waals surface area contributed by atoms with Crippen LogP contribution in [0.2, 0.25) is 0 Å². The highest BCUT2D eigenvalue weighted by Gasteiger charge is 2.28. The molecule has 1 N–H and O–H groups in total. The van der Waals surface area contributed by atoms with E-state index in [0.717, 1.165) is 22.3 Å². The summed E-state index contributed by atoms with van der Waals surface area (Å²) >= 11 is 1.31. The van der Waals surface area contributed by atoms with Gasteiger partial charge in [0.1, 0.15) is 10.7 Å². The van der Waals surface area contributed by atoms with Crippen LogP contribution in [0.5, 0.6) is 0 Å². The van der Waals surface area contributed by atoms with Gasteiger partial charge in [0.05, 0.1) is 28.3 Å². The number of nitrogens with zero attached hydrogens (tertiary/aromatic N) is 2. The van der Waals surface area contributed by atoms with E-state index in [1.807, 2.05) is 54.6 Å². The largest absolute Gasteiger partial charge is 0.352 e. The lowest BCUT2D eigenvalue weighted by molar-refractivity contribution is -0.119. The highest BCUT2D eigenvalue weighted by Crippen LogP contribution is 2.30. The number of fused-ring (bicyclic) bond motifs is 1. The predicted molar refractivity (Wildman–Crippen MR) is 111 cm³/mol. The van der Waals surface area contributed by atoms with E-state index in [1.54, 1.807) is 0 Å². The number of para-hydroxylation sites is 2. The fraction of sp³-hybridized carbons (Fsp3) is 0.250. The number of sulfone groups is 1. The van der Waals surface area contributed by atoms with Crippen LogP contribution in [0.3, 0.4) is 0 Å². The lowest BCUT2D eigenvalue weighted by atomic mass is 10.1. The molecule has 8 heteroatoms. The normalized spacial score (nSPS) is 18.2. The second-order valence-corrected chi connectivity index (χ2v) is 9.88. The van der Waals surface area contributed by atoms with Gasteiger partial charge in [0.2, 0.25) is 5.91 Å². The Morgan fingerprint density at radius 2 is 1.71 bits per heavy atom. The van der Waals surface area contributed by atoms with Crippen molar-refractivity contribution < 1.29 is 13.2 Å². The number of nitrogens with one attached hydrogen (secondary N) is 1. The van der Waals surface area contributed by atoms with Crippen LogP contribution >= 0.6 is 11.8 Å². The van der Waals surface area contributed by atoms with Crippen LogP contribution in [0.15, 0.2) is 59.6 Å². The first-order valence-electron chi connectivity index (χ1n) is 8.95. The monoisotopic (exact) mass is 413 g/mol. The van der Waals surface area contributed by atoms with Crippen molar-refractivity contribution in [2.24, 2.45) is 0 Å². The van der Waals surface area contributed by atoms with E-state index in [-0.39, 0.29) is 29.2 Å². The molecule has 0 saturated carbocycles. The Hall–Kier alpha value is -2.45. The molecular weight excluding hydrogens is 394 g/mol. The van der Waals surface area contributed by atoms with Gasteiger partial charge in [0.15, 0.2) is 9.84 Å². The van der Waals surface area contributed by atoms with Gasteiger partial charge in [-0.25, -0.2) is 18.4 Å². The zero-order chi connectivity index (χ0) is 19.6. The molecule has 0 bridgehead atoms. The van der Waals surface area contributed by atoms with E-state index >= 15 is 0 Å². The van der Waals surface area contributed by atoms with Crippen molar-refractivity contribution in [3.63, 3.8) is 0 Å². The number of aromatic nitrogens is 2. The van der Waals surface area contributed by atoms with Crippen molar-refractivity contribution in [1.29, 1.82) is 0 Å². The summed E-state index contributed by atoms with van der Waals surface area (Å²) < 4.78 is 23.1. The van der Waals surface area contributed by atoms with Crippen LogP contribution < -0.4 is 5.32 Å². The molecule has 3 aromatic rings.